The molecule has 1 aromatic heterocycles. The van der Waals surface area contributed by atoms with Gasteiger partial charge in [-0.05, 0) is 22.9 Å². The van der Waals surface area contributed by atoms with Crippen molar-refractivity contribution in [3.05, 3.63) is 60.5 Å². The summed E-state index contributed by atoms with van der Waals surface area (Å²) < 4.78 is 4.78. The third kappa shape index (κ3) is 2.13. The summed E-state index contributed by atoms with van der Waals surface area (Å²) in [6.45, 7) is 0.724. The molecule has 1 heterocycles. The van der Waals surface area contributed by atoms with E-state index >= 15 is 0 Å². The molecule has 0 amide bonds. The lowest BCUT2D eigenvalue weighted by molar-refractivity contribution is 0.419. The molecule has 0 saturated heterocycles. The predicted octanol–water partition coefficient (Wildman–Crippen LogP) is 3.44. The normalized spacial score (nSPS) is 10.6. The molecule has 0 aliphatic heterocycles. The van der Waals surface area contributed by atoms with Crippen LogP contribution in [0.4, 0.5) is 5.69 Å². The first kappa shape index (κ1) is 9.90. The number of fused-ring (bicyclic) bond motifs is 1. The van der Waals surface area contributed by atoms with Gasteiger partial charge in [-0.2, -0.15) is 0 Å². The van der Waals surface area contributed by atoms with Crippen molar-refractivity contribution < 1.29 is 4.52 Å². The maximum Gasteiger partial charge on any atom is 0.128 e. The van der Waals surface area contributed by atoms with Crippen LogP contribution in [0.2, 0.25) is 0 Å². The van der Waals surface area contributed by atoms with Gasteiger partial charge in [0, 0.05) is 17.8 Å². The van der Waals surface area contributed by atoms with Crippen LogP contribution in [-0.2, 0) is 6.54 Å². The number of rotatable bonds is 3. The summed E-state index contributed by atoms with van der Waals surface area (Å²) in [7, 11) is 0. The van der Waals surface area contributed by atoms with Gasteiger partial charge in [-0.1, -0.05) is 35.5 Å². The number of nitrogens with zero attached hydrogens (tertiary/aromatic N) is 1. The third-order valence-corrected chi connectivity index (χ3v) is 2.73. The van der Waals surface area contributed by atoms with Gasteiger partial charge in [0.2, 0.25) is 0 Å². The molecule has 0 bridgehead atoms. The molecule has 84 valence electrons. The first-order valence-corrected chi connectivity index (χ1v) is 5.53. The maximum absolute atomic E-state index is 4.78. The van der Waals surface area contributed by atoms with Crippen molar-refractivity contribution in [2.45, 2.75) is 6.54 Å². The van der Waals surface area contributed by atoms with Gasteiger partial charge in [-0.25, -0.2) is 0 Å². The summed E-state index contributed by atoms with van der Waals surface area (Å²) in [5.41, 5.74) is 2.14. The minimum atomic E-state index is 0.724. The fraction of sp³-hybridized carbons (Fsp3) is 0.0714. The quantitative estimate of drug-likeness (QED) is 0.740. The van der Waals surface area contributed by atoms with E-state index in [0.29, 0.717) is 0 Å². The minimum absolute atomic E-state index is 0.724. The number of hydrogen-bond acceptors (Lipinski definition) is 3. The van der Waals surface area contributed by atoms with Crippen molar-refractivity contribution in [1.29, 1.82) is 0 Å². The van der Waals surface area contributed by atoms with Gasteiger partial charge < -0.3 is 9.84 Å². The first-order valence-electron chi connectivity index (χ1n) is 5.53. The van der Waals surface area contributed by atoms with Crippen LogP contribution >= 0.6 is 0 Å². The molecule has 3 heteroatoms. The van der Waals surface area contributed by atoms with E-state index in [-0.39, 0.29) is 0 Å². The van der Waals surface area contributed by atoms with Gasteiger partial charge >= 0.3 is 0 Å². The van der Waals surface area contributed by atoms with E-state index in [1.807, 2.05) is 12.1 Å². The van der Waals surface area contributed by atoms with Crippen molar-refractivity contribution in [2.24, 2.45) is 0 Å². The lowest BCUT2D eigenvalue weighted by Gasteiger charge is -2.05. The number of nitrogens with one attached hydrogen (secondary N) is 1. The molecule has 3 nitrogen and oxygen atoms in total. The maximum atomic E-state index is 4.78. The summed E-state index contributed by atoms with van der Waals surface area (Å²) in [6.07, 6.45) is 3.36. The molecule has 0 spiro atoms. The molecule has 0 aliphatic rings. The van der Waals surface area contributed by atoms with Crippen molar-refractivity contribution >= 4 is 16.5 Å². The lowest BCUT2D eigenvalue weighted by Crippen LogP contribution is -1.97. The highest BCUT2D eigenvalue weighted by atomic mass is 16.5. The summed E-state index contributed by atoms with van der Waals surface area (Å²) in [6, 6.07) is 14.7. The van der Waals surface area contributed by atoms with E-state index in [9.17, 15) is 0 Å². The Morgan fingerprint density at radius 3 is 2.76 bits per heavy atom. The van der Waals surface area contributed by atoms with Crippen molar-refractivity contribution in [2.75, 3.05) is 5.32 Å². The molecule has 3 rings (SSSR count). The highest BCUT2D eigenvalue weighted by molar-refractivity contribution is 5.85. The van der Waals surface area contributed by atoms with Crippen LogP contribution in [-0.4, -0.2) is 5.16 Å². The molecule has 0 aliphatic carbocycles. The van der Waals surface area contributed by atoms with Crippen molar-refractivity contribution in [3.63, 3.8) is 0 Å². The SMILES string of the molecule is c1ccc2cc(NCc3cnoc3)ccc2c1. The number of aromatic nitrogens is 1. The van der Waals surface area contributed by atoms with Gasteiger partial charge in [0.25, 0.3) is 0 Å². The molecule has 0 saturated carbocycles. The Labute approximate surface area is 99.1 Å². The van der Waals surface area contributed by atoms with E-state index in [2.05, 4.69) is 40.8 Å². The molecule has 0 radical (unpaired) electrons. The highest BCUT2D eigenvalue weighted by Gasteiger charge is 1.97. The third-order valence-electron chi connectivity index (χ3n) is 2.73. The smallest absolute Gasteiger partial charge is 0.128 e. The largest absolute Gasteiger partial charge is 0.381 e. The number of anilines is 1. The Hall–Kier alpha value is -2.29. The topological polar surface area (TPSA) is 38.1 Å². The zero-order valence-corrected chi connectivity index (χ0v) is 9.26. The van der Waals surface area contributed by atoms with Gasteiger partial charge in [0.15, 0.2) is 0 Å². The second-order valence-corrected chi connectivity index (χ2v) is 3.95. The predicted molar refractivity (Wildman–Crippen MR) is 67.8 cm³/mol. The Morgan fingerprint density at radius 2 is 1.94 bits per heavy atom. The molecule has 1 N–H and O–H groups in total. The second kappa shape index (κ2) is 4.29. The summed E-state index contributed by atoms with van der Waals surface area (Å²) >= 11 is 0. The van der Waals surface area contributed by atoms with E-state index in [4.69, 9.17) is 4.52 Å². The molecule has 2 aromatic carbocycles. The van der Waals surface area contributed by atoms with E-state index < -0.39 is 0 Å². The molecule has 0 unspecified atom stereocenters. The molecule has 3 aromatic rings. The van der Waals surface area contributed by atoms with Crippen molar-refractivity contribution in [1.82, 2.24) is 5.16 Å². The van der Waals surface area contributed by atoms with Gasteiger partial charge in [0.05, 0.1) is 6.20 Å². The fourth-order valence-corrected chi connectivity index (χ4v) is 1.82. The summed E-state index contributed by atoms with van der Waals surface area (Å²) in [5.74, 6) is 0. The minimum Gasteiger partial charge on any atom is -0.381 e. The zero-order chi connectivity index (χ0) is 11.5. The average Bonchev–Trinajstić information content (AvgIpc) is 2.89. The Bertz CT molecular complexity index is 617. The van der Waals surface area contributed by atoms with Gasteiger partial charge in [-0.3, -0.25) is 0 Å². The van der Waals surface area contributed by atoms with Crippen LogP contribution < -0.4 is 5.32 Å². The van der Waals surface area contributed by atoms with Gasteiger partial charge in [0.1, 0.15) is 6.26 Å². The molecule has 0 fully saturated rings. The van der Waals surface area contributed by atoms with Crippen LogP contribution in [0, 0.1) is 0 Å². The van der Waals surface area contributed by atoms with Crippen LogP contribution in [0.15, 0.2) is 59.4 Å². The highest BCUT2D eigenvalue weighted by Crippen LogP contribution is 2.19. The van der Waals surface area contributed by atoms with E-state index in [0.717, 1.165) is 17.8 Å². The van der Waals surface area contributed by atoms with Crippen LogP contribution in [0.3, 0.4) is 0 Å². The fourth-order valence-electron chi connectivity index (χ4n) is 1.82. The number of benzene rings is 2. The zero-order valence-electron chi connectivity index (χ0n) is 9.26. The second-order valence-electron chi connectivity index (χ2n) is 3.95. The molecule has 17 heavy (non-hydrogen) atoms. The van der Waals surface area contributed by atoms with E-state index in [1.54, 1.807) is 12.5 Å². The first-order chi connectivity index (χ1) is 8.42. The summed E-state index contributed by atoms with van der Waals surface area (Å²) in [4.78, 5) is 0. The molecular formula is C14H12N2O. The molecule has 0 atom stereocenters. The lowest BCUT2D eigenvalue weighted by atomic mass is 10.1. The van der Waals surface area contributed by atoms with Crippen LogP contribution in [0.1, 0.15) is 5.56 Å². The monoisotopic (exact) mass is 224 g/mol. The Morgan fingerprint density at radius 1 is 1.06 bits per heavy atom. The van der Waals surface area contributed by atoms with Crippen molar-refractivity contribution in [3.8, 4) is 0 Å². The standard InChI is InChI=1S/C14H12N2O/c1-2-4-13-7-14(6-5-12(13)3-1)15-8-11-9-16-17-10-11/h1-7,9-10,15H,8H2. The average molecular weight is 224 g/mol. The summed E-state index contributed by atoms with van der Waals surface area (Å²) in [5, 5.41) is 9.50. The van der Waals surface area contributed by atoms with Gasteiger partial charge in [-0.15, -0.1) is 0 Å². The van der Waals surface area contributed by atoms with Crippen LogP contribution in [0.25, 0.3) is 10.8 Å². The number of hydrogen-bond donors (Lipinski definition) is 1. The van der Waals surface area contributed by atoms with Crippen LogP contribution in [0.5, 0.6) is 0 Å². The molecular weight excluding hydrogens is 212 g/mol. The Balaban J connectivity index is 1.81. The van der Waals surface area contributed by atoms with E-state index in [1.165, 1.54) is 10.8 Å². The Kier molecular flexibility index (Phi) is 2.50.